The van der Waals surface area contributed by atoms with Crippen LogP contribution in [0.4, 0.5) is 4.79 Å². The minimum atomic E-state index is -3.75. The number of carbonyl (C=O) groups is 2. The van der Waals surface area contributed by atoms with Crippen molar-refractivity contribution in [3.8, 4) is 0 Å². The number of ether oxygens (including phenoxy) is 1. The van der Waals surface area contributed by atoms with Gasteiger partial charge >= 0.3 is 16.3 Å². The predicted molar refractivity (Wildman–Crippen MR) is 87.0 cm³/mol. The number of alkyl carbamates (subject to hydrolysis) is 1. The van der Waals surface area contributed by atoms with Gasteiger partial charge in [0.05, 0.1) is 6.54 Å². The summed E-state index contributed by atoms with van der Waals surface area (Å²) in [6.07, 6.45) is -0.523. The van der Waals surface area contributed by atoms with E-state index in [1.165, 1.54) is 0 Å². The number of benzene rings is 1. The predicted octanol–water partition coefficient (Wildman–Crippen LogP) is 0.888. The molecule has 1 saturated heterocycles. The summed E-state index contributed by atoms with van der Waals surface area (Å²) >= 11 is 0. The molecule has 1 aromatic rings. The van der Waals surface area contributed by atoms with E-state index in [1.807, 2.05) is 10.8 Å². The first-order valence-electron chi connectivity index (χ1n) is 7.40. The van der Waals surface area contributed by atoms with Crippen LogP contribution in [-0.4, -0.2) is 36.9 Å². The number of nitrogens with zero attached hydrogens (tertiary/aromatic N) is 1. The molecule has 0 saturated carbocycles. The Morgan fingerprint density at radius 2 is 2.00 bits per heavy atom. The molecule has 0 unspecified atom stereocenters. The minimum Gasteiger partial charge on any atom is -0.444 e. The van der Waals surface area contributed by atoms with Crippen molar-refractivity contribution in [2.24, 2.45) is 0 Å². The van der Waals surface area contributed by atoms with Gasteiger partial charge in [0.2, 0.25) is 5.91 Å². The number of carbonyl (C=O) groups excluding carboxylic acids is 2. The summed E-state index contributed by atoms with van der Waals surface area (Å²) in [6.45, 7) is 5.48. The van der Waals surface area contributed by atoms with E-state index in [2.05, 4.69) is 5.32 Å². The standard InChI is InChI=1S/C15H21N3O5S/c1-15(2,3)23-14(20)16-8-11-5-4-6-12(7-11)9-18-10-13(19)17-24(18,21)22/h4-7H,8-10H2,1-3H3,(H,16,20)(H,17,19). The summed E-state index contributed by atoms with van der Waals surface area (Å²) in [5.41, 5.74) is 0.947. The molecular formula is C15H21N3O5S. The smallest absolute Gasteiger partial charge is 0.407 e. The van der Waals surface area contributed by atoms with Crippen LogP contribution in [0.25, 0.3) is 0 Å². The van der Waals surface area contributed by atoms with Gasteiger partial charge < -0.3 is 10.1 Å². The van der Waals surface area contributed by atoms with Crippen LogP contribution in [0, 0.1) is 0 Å². The van der Waals surface area contributed by atoms with Crippen molar-refractivity contribution in [1.29, 1.82) is 0 Å². The van der Waals surface area contributed by atoms with Gasteiger partial charge in [0.1, 0.15) is 5.60 Å². The summed E-state index contributed by atoms with van der Waals surface area (Å²) in [5.74, 6) is -0.544. The molecule has 9 heteroatoms. The highest BCUT2D eigenvalue weighted by molar-refractivity contribution is 7.88. The Labute approximate surface area is 141 Å². The first-order valence-corrected chi connectivity index (χ1v) is 8.84. The van der Waals surface area contributed by atoms with Crippen LogP contribution >= 0.6 is 0 Å². The van der Waals surface area contributed by atoms with Gasteiger partial charge in [-0.25, -0.2) is 9.52 Å². The maximum Gasteiger partial charge on any atom is 0.407 e. The third-order valence-electron chi connectivity index (χ3n) is 3.09. The molecule has 0 aromatic heterocycles. The van der Waals surface area contributed by atoms with Crippen molar-refractivity contribution in [3.05, 3.63) is 35.4 Å². The van der Waals surface area contributed by atoms with Gasteiger partial charge in [-0.15, -0.1) is 0 Å². The van der Waals surface area contributed by atoms with Crippen LogP contribution in [0.2, 0.25) is 0 Å². The van der Waals surface area contributed by atoms with Gasteiger partial charge in [0.25, 0.3) is 0 Å². The fourth-order valence-electron chi connectivity index (χ4n) is 2.16. The summed E-state index contributed by atoms with van der Waals surface area (Å²) in [4.78, 5) is 22.9. The highest BCUT2D eigenvalue weighted by Crippen LogP contribution is 2.14. The zero-order valence-electron chi connectivity index (χ0n) is 13.8. The third-order valence-corrected chi connectivity index (χ3v) is 4.51. The van der Waals surface area contributed by atoms with Crippen LogP contribution < -0.4 is 10.0 Å². The first-order chi connectivity index (χ1) is 11.0. The number of hydrogen-bond donors (Lipinski definition) is 2. The van der Waals surface area contributed by atoms with E-state index in [0.29, 0.717) is 0 Å². The molecule has 1 aliphatic rings. The lowest BCUT2D eigenvalue weighted by molar-refractivity contribution is -0.118. The van der Waals surface area contributed by atoms with Crippen LogP contribution in [0.1, 0.15) is 31.9 Å². The molecular weight excluding hydrogens is 334 g/mol. The van der Waals surface area contributed by atoms with E-state index in [4.69, 9.17) is 4.74 Å². The lowest BCUT2D eigenvalue weighted by atomic mass is 10.1. The average molecular weight is 355 g/mol. The van der Waals surface area contributed by atoms with Crippen LogP contribution in [-0.2, 0) is 32.8 Å². The lowest BCUT2D eigenvalue weighted by Crippen LogP contribution is -2.32. The third kappa shape index (κ3) is 5.20. The molecule has 1 heterocycles. The SMILES string of the molecule is CC(C)(C)OC(=O)NCc1cccc(CN2CC(=O)NS2(=O)=O)c1. The normalized spacial score (nSPS) is 17.4. The largest absolute Gasteiger partial charge is 0.444 e. The molecule has 24 heavy (non-hydrogen) atoms. The second-order valence-electron chi connectivity index (χ2n) is 6.47. The zero-order chi connectivity index (χ0) is 18.0. The van der Waals surface area contributed by atoms with Gasteiger partial charge in [-0.2, -0.15) is 12.7 Å². The Morgan fingerprint density at radius 3 is 2.58 bits per heavy atom. The Kier molecular flexibility index (Phi) is 5.14. The van der Waals surface area contributed by atoms with Crippen LogP contribution in [0.15, 0.2) is 24.3 Å². The van der Waals surface area contributed by atoms with Crippen molar-refractivity contribution >= 4 is 22.2 Å². The molecule has 1 aliphatic heterocycles. The lowest BCUT2D eigenvalue weighted by Gasteiger charge is -2.19. The van der Waals surface area contributed by atoms with Crippen LogP contribution in [0.3, 0.4) is 0 Å². The molecule has 2 rings (SSSR count). The number of hydrogen-bond acceptors (Lipinski definition) is 5. The van der Waals surface area contributed by atoms with Gasteiger partial charge in [0, 0.05) is 13.1 Å². The second kappa shape index (κ2) is 6.78. The van der Waals surface area contributed by atoms with E-state index in [9.17, 15) is 18.0 Å². The molecule has 132 valence electrons. The fourth-order valence-corrected chi connectivity index (χ4v) is 3.24. The van der Waals surface area contributed by atoms with Crippen molar-refractivity contribution < 1.29 is 22.7 Å². The van der Waals surface area contributed by atoms with Crippen molar-refractivity contribution in [1.82, 2.24) is 14.3 Å². The van der Waals surface area contributed by atoms with E-state index in [0.717, 1.165) is 15.4 Å². The maximum atomic E-state index is 11.7. The molecule has 0 radical (unpaired) electrons. The molecule has 0 bridgehead atoms. The number of rotatable bonds is 4. The summed E-state index contributed by atoms with van der Waals surface area (Å²) in [5, 5.41) is 2.64. The summed E-state index contributed by atoms with van der Waals surface area (Å²) in [6, 6.07) is 7.10. The average Bonchev–Trinajstić information content (AvgIpc) is 2.67. The van der Waals surface area contributed by atoms with Crippen molar-refractivity contribution in [2.75, 3.05) is 6.54 Å². The maximum absolute atomic E-state index is 11.7. The van der Waals surface area contributed by atoms with E-state index >= 15 is 0 Å². The molecule has 2 N–H and O–H groups in total. The highest BCUT2D eigenvalue weighted by atomic mass is 32.2. The monoisotopic (exact) mass is 355 g/mol. The molecule has 8 nitrogen and oxygen atoms in total. The van der Waals surface area contributed by atoms with E-state index in [-0.39, 0.29) is 19.6 Å². The number of amides is 2. The summed E-state index contributed by atoms with van der Waals surface area (Å²) < 4.78 is 31.6. The Hall–Kier alpha value is -2.13. The fraction of sp³-hybridized carbons (Fsp3) is 0.467. The zero-order valence-corrected chi connectivity index (χ0v) is 14.6. The van der Waals surface area contributed by atoms with Crippen molar-refractivity contribution in [3.63, 3.8) is 0 Å². The highest BCUT2D eigenvalue weighted by Gasteiger charge is 2.33. The van der Waals surface area contributed by atoms with Gasteiger partial charge in [-0.1, -0.05) is 24.3 Å². The topological polar surface area (TPSA) is 105 Å². The quantitative estimate of drug-likeness (QED) is 0.834. The van der Waals surface area contributed by atoms with Gasteiger partial charge in [-0.3, -0.25) is 4.79 Å². The van der Waals surface area contributed by atoms with E-state index in [1.54, 1.807) is 39.0 Å². The van der Waals surface area contributed by atoms with E-state index < -0.39 is 27.8 Å². The Bertz CT molecular complexity index is 740. The van der Waals surface area contributed by atoms with Gasteiger partial charge in [-0.05, 0) is 31.9 Å². The molecule has 1 aromatic carbocycles. The van der Waals surface area contributed by atoms with Gasteiger partial charge in [0.15, 0.2) is 0 Å². The molecule has 1 fully saturated rings. The molecule has 0 atom stereocenters. The van der Waals surface area contributed by atoms with Crippen molar-refractivity contribution in [2.45, 2.75) is 39.5 Å². The molecule has 2 amide bonds. The van der Waals surface area contributed by atoms with Crippen LogP contribution in [0.5, 0.6) is 0 Å². The summed E-state index contributed by atoms with van der Waals surface area (Å²) in [7, 11) is -3.75. The Morgan fingerprint density at radius 1 is 1.33 bits per heavy atom. The molecule has 0 spiro atoms. The minimum absolute atomic E-state index is 0.0847. The number of nitrogens with one attached hydrogen (secondary N) is 2. The Balaban J connectivity index is 1.97. The first kappa shape index (κ1) is 18.2. The second-order valence-corrected chi connectivity index (χ2v) is 8.14. The molecule has 0 aliphatic carbocycles.